The summed E-state index contributed by atoms with van der Waals surface area (Å²) in [6, 6.07) is 8.72. The molecule has 0 saturated heterocycles. The molecule has 0 radical (unpaired) electrons. The van der Waals surface area contributed by atoms with Crippen LogP contribution in [-0.4, -0.2) is 21.7 Å². The molecule has 1 N–H and O–H groups in total. The first-order chi connectivity index (χ1) is 9.90. The van der Waals surface area contributed by atoms with E-state index in [1.54, 1.807) is 35.6 Å². The number of thiophene rings is 1. The van der Waals surface area contributed by atoms with Crippen molar-refractivity contribution in [3.8, 4) is 5.75 Å². The summed E-state index contributed by atoms with van der Waals surface area (Å²) in [5, 5.41) is 3.13. The third-order valence-corrected chi connectivity index (χ3v) is 5.25. The van der Waals surface area contributed by atoms with Gasteiger partial charge in [-0.05, 0) is 38.2 Å². The van der Waals surface area contributed by atoms with Crippen LogP contribution in [0.2, 0.25) is 0 Å². The van der Waals surface area contributed by atoms with Crippen molar-refractivity contribution in [2.45, 2.75) is 25.0 Å². The summed E-state index contributed by atoms with van der Waals surface area (Å²) in [6.07, 6.45) is 1.19. The Morgan fingerprint density at radius 2 is 2.05 bits per heavy atom. The number of benzene rings is 1. The highest BCUT2D eigenvalue weighted by molar-refractivity contribution is 7.90. The van der Waals surface area contributed by atoms with Crippen molar-refractivity contribution < 1.29 is 13.2 Å². The lowest BCUT2D eigenvalue weighted by Crippen LogP contribution is -2.03. The molecule has 0 unspecified atom stereocenters. The normalized spacial score (nSPS) is 11.6. The summed E-state index contributed by atoms with van der Waals surface area (Å²) in [4.78, 5) is 2.76. The highest BCUT2D eigenvalue weighted by atomic mass is 32.2. The fourth-order valence-electron chi connectivity index (χ4n) is 1.95. The summed E-state index contributed by atoms with van der Waals surface area (Å²) in [5.74, 6) is 0.568. The minimum absolute atomic E-state index is 0.276. The van der Waals surface area contributed by atoms with Crippen molar-refractivity contribution in [2.24, 2.45) is 0 Å². The van der Waals surface area contributed by atoms with E-state index < -0.39 is 9.84 Å². The van der Waals surface area contributed by atoms with Gasteiger partial charge in [0.2, 0.25) is 0 Å². The first kappa shape index (κ1) is 16.0. The lowest BCUT2D eigenvalue weighted by molar-refractivity contribution is 0.305. The molecule has 1 aromatic carbocycles. The molecule has 114 valence electrons. The van der Waals surface area contributed by atoms with Crippen LogP contribution >= 0.6 is 11.3 Å². The SMILES string of the molecule is CNCc1cc(COc2cccc(S(C)(=O)=O)c2)c(C)s1. The average Bonchev–Trinajstić information content (AvgIpc) is 2.76. The molecule has 0 amide bonds. The van der Waals surface area contributed by atoms with Gasteiger partial charge in [-0.15, -0.1) is 11.3 Å². The van der Waals surface area contributed by atoms with Gasteiger partial charge in [0.1, 0.15) is 12.4 Å². The molecule has 2 aromatic rings. The van der Waals surface area contributed by atoms with Gasteiger partial charge < -0.3 is 10.1 Å². The van der Waals surface area contributed by atoms with Crippen molar-refractivity contribution in [1.29, 1.82) is 0 Å². The Labute approximate surface area is 129 Å². The van der Waals surface area contributed by atoms with Gasteiger partial charge in [-0.2, -0.15) is 0 Å². The molecule has 0 atom stereocenters. The van der Waals surface area contributed by atoms with Gasteiger partial charge >= 0.3 is 0 Å². The minimum atomic E-state index is -3.21. The Morgan fingerprint density at radius 3 is 2.71 bits per heavy atom. The van der Waals surface area contributed by atoms with E-state index in [0.29, 0.717) is 12.4 Å². The highest BCUT2D eigenvalue weighted by Gasteiger charge is 2.09. The van der Waals surface area contributed by atoms with E-state index in [1.165, 1.54) is 16.0 Å². The van der Waals surface area contributed by atoms with Crippen LogP contribution in [-0.2, 0) is 23.0 Å². The molecule has 21 heavy (non-hydrogen) atoms. The maximum absolute atomic E-state index is 11.5. The topological polar surface area (TPSA) is 55.4 Å². The lowest BCUT2D eigenvalue weighted by Gasteiger charge is -2.07. The standard InChI is InChI=1S/C15H19NO3S2/c1-11-12(7-14(20-11)9-16-2)10-19-13-5-4-6-15(8-13)21(3,17)18/h4-8,16H,9-10H2,1-3H3. The number of hydrogen-bond acceptors (Lipinski definition) is 5. The second kappa shape index (κ2) is 6.60. The van der Waals surface area contributed by atoms with Crippen LogP contribution in [0.1, 0.15) is 15.3 Å². The summed E-state index contributed by atoms with van der Waals surface area (Å²) in [6.45, 7) is 3.35. The largest absolute Gasteiger partial charge is 0.489 e. The Morgan fingerprint density at radius 1 is 1.29 bits per heavy atom. The van der Waals surface area contributed by atoms with Crippen molar-refractivity contribution in [1.82, 2.24) is 5.32 Å². The molecular formula is C15H19NO3S2. The second-order valence-corrected chi connectivity index (χ2v) is 8.22. The predicted octanol–water partition coefficient (Wildman–Crippen LogP) is 2.76. The number of nitrogens with one attached hydrogen (secondary N) is 1. The zero-order valence-corrected chi connectivity index (χ0v) is 14.0. The highest BCUT2D eigenvalue weighted by Crippen LogP contribution is 2.24. The second-order valence-electron chi connectivity index (χ2n) is 4.86. The van der Waals surface area contributed by atoms with Crippen LogP contribution in [0.3, 0.4) is 0 Å². The van der Waals surface area contributed by atoms with Crippen LogP contribution in [0.5, 0.6) is 5.75 Å². The molecule has 0 aliphatic rings. The molecule has 1 heterocycles. The van der Waals surface area contributed by atoms with Crippen molar-refractivity contribution >= 4 is 21.2 Å². The van der Waals surface area contributed by atoms with Crippen LogP contribution in [0.4, 0.5) is 0 Å². The molecule has 0 aliphatic heterocycles. The van der Waals surface area contributed by atoms with Crippen LogP contribution < -0.4 is 10.1 Å². The summed E-state index contributed by atoms with van der Waals surface area (Å²) in [7, 11) is -1.29. The van der Waals surface area contributed by atoms with E-state index >= 15 is 0 Å². The van der Waals surface area contributed by atoms with Gasteiger partial charge in [0, 0.05) is 28.1 Å². The van der Waals surface area contributed by atoms with Crippen molar-refractivity contribution in [2.75, 3.05) is 13.3 Å². The molecule has 0 saturated carbocycles. The predicted molar refractivity (Wildman–Crippen MR) is 85.7 cm³/mol. The molecule has 0 bridgehead atoms. The Hall–Kier alpha value is -1.37. The zero-order chi connectivity index (χ0) is 15.5. The molecule has 2 rings (SSSR count). The third-order valence-electron chi connectivity index (χ3n) is 3.05. The lowest BCUT2D eigenvalue weighted by atomic mass is 10.2. The minimum Gasteiger partial charge on any atom is -0.489 e. The van der Waals surface area contributed by atoms with Crippen molar-refractivity contribution in [3.05, 3.63) is 45.6 Å². The average molecular weight is 325 g/mol. The Bertz CT molecular complexity index is 720. The molecule has 1 aromatic heterocycles. The van der Waals surface area contributed by atoms with Gasteiger partial charge in [-0.1, -0.05) is 6.07 Å². The number of sulfone groups is 1. The summed E-state index contributed by atoms with van der Waals surface area (Å²) >= 11 is 1.74. The van der Waals surface area contributed by atoms with Gasteiger partial charge in [-0.25, -0.2) is 8.42 Å². The van der Waals surface area contributed by atoms with Gasteiger partial charge in [-0.3, -0.25) is 0 Å². The van der Waals surface area contributed by atoms with E-state index in [9.17, 15) is 8.42 Å². The first-order valence-electron chi connectivity index (χ1n) is 6.56. The maximum Gasteiger partial charge on any atom is 0.175 e. The molecule has 6 heteroatoms. The van der Waals surface area contributed by atoms with E-state index in [0.717, 1.165) is 12.1 Å². The maximum atomic E-state index is 11.5. The zero-order valence-electron chi connectivity index (χ0n) is 12.3. The molecule has 0 fully saturated rings. The third kappa shape index (κ3) is 4.30. The number of aryl methyl sites for hydroxylation is 1. The first-order valence-corrected chi connectivity index (χ1v) is 9.26. The smallest absolute Gasteiger partial charge is 0.175 e. The van der Waals surface area contributed by atoms with Crippen LogP contribution in [0.25, 0.3) is 0 Å². The summed E-state index contributed by atoms with van der Waals surface area (Å²) < 4.78 is 28.8. The van der Waals surface area contributed by atoms with E-state index in [-0.39, 0.29) is 4.90 Å². The van der Waals surface area contributed by atoms with E-state index in [4.69, 9.17) is 4.74 Å². The fourth-order valence-corrected chi connectivity index (χ4v) is 3.66. The van der Waals surface area contributed by atoms with E-state index in [2.05, 4.69) is 18.3 Å². The quantitative estimate of drug-likeness (QED) is 0.887. The summed E-state index contributed by atoms with van der Waals surface area (Å²) in [5.41, 5.74) is 1.13. The fraction of sp³-hybridized carbons (Fsp3) is 0.333. The van der Waals surface area contributed by atoms with Gasteiger partial charge in [0.05, 0.1) is 4.90 Å². The molecule has 0 spiro atoms. The molecular weight excluding hydrogens is 306 g/mol. The number of hydrogen-bond donors (Lipinski definition) is 1. The van der Waals surface area contributed by atoms with E-state index in [1.807, 2.05) is 7.05 Å². The molecule has 0 aliphatic carbocycles. The Balaban J connectivity index is 2.10. The van der Waals surface area contributed by atoms with Crippen LogP contribution in [0.15, 0.2) is 35.2 Å². The number of ether oxygens (including phenoxy) is 1. The monoisotopic (exact) mass is 325 g/mol. The Kier molecular flexibility index (Phi) is 5.03. The van der Waals surface area contributed by atoms with Gasteiger partial charge in [0.15, 0.2) is 9.84 Å². The van der Waals surface area contributed by atoms with Crippen molar-refractivity contribution in [3.63, 3.8) is 0 Å². The van der Waals surface area contributed by atoms with Gasteiger partial charge in [0.25, 0.3) is 0 Å². The number of rotatable bonds is 6. The van der Waals surface area contributed by atoms with Crippen LogP contribution in [0, 0.1) is 6.92 Å². The molecule has 4 nitrogen and oxygen atoms in total.